The molecular formula is C11H18ClN3OS. The molecule has 2 rings (SSSR count). The van der Waals surface area contributed by atoms with Crippen LogP contribution in [-0.4, -0.2) is 48.4 Å². The van der Waals surface area contributed by atoms with Crippen LogP contribution in [-0.2, 0) is 0 Å². The Labute approximate surface area is 112 Å². The van der Waals surface area contributed by atoms with Crippen molar-refractivity contribution in [1.82, 2.24) is 15.2 Å². The molecule has 0 bridgehead atoms. The van der Waals surface area contributed by atoms with Gasteiger partial charge >= 0.3 is 0 Å². The lowest BCUT2D eigenvalue weighted by Crippen LogP contribution is -2.45. The molecule has 1 unspecified atom stereocenters. The SMILES string of the molecule is CN(CC(=O)c1nccs1)C1CCCNC1.Cl. The molecule has 0 amide bonds. The van der Waals surface area contributed by atoms with Crippen LogP contribution in [0.15, 0.2) is 11.6 Å². The van der Waals surface area contributed by atoms with Gasteiger partial charge < -0.3 is 5.32 Å². The summed E-state index contributed by atoms with van der Waals surface area (Å²) in [7, 11) is 2.02. The Hall–Kier alpha value is -0.490. The average Bonchev–Trinajstić information content (AvgIpc) is 2.83. The quantitative estimate of drug-likeness (QED) is 0.845. The second kappa shape index (κ2) is 7.06. The Morgan fingerprint density at radius 1 is 1.71 bits per heavy atom. The number of hydrogen-bond acceptors (Lipinski definition) is 5. The van der Waals surface area contributed by atoms with E-state index in [2.05, 4.69) is 15.2 Å². The van der Waals surface area contributed by atoms with Gasteiger partial charge in [0, 0.05) is 24.2 Å². The van der Waals surface area contributed by atoms with Crippen molar-refractivity contribution in [3.05, 3.63) is 16.6 Å². The van der Waals surface area contributed by atoms with Gasteiger partial charge in [0.25, 0.3) is 0 Å². The average molecular weight is 276 g/mol. The third-order valence-corrected chi connectivity index (χ3v) is 3.77. The number of rotatable bonds is 4. The first-order valence-electron chi connectivity index (χ1n) is 5.61. The summed E-state index contributed by atoms with van der Waals surface area (Å²) in [6.07, 6.45) is 4.05. The van der Waals surface area contributed by atoms with Crippen molar-refractivity contribution in [2.45, 2.75) is 18.9 Å². The van der Waals surface area contributed by atoms with E-state index >= 15 is 0 Å². The fourth-order valence-electron chi connectivity index (χ4n) is 1.99. The van der Waals surface area contributed by atoms with Gasteiger partial charge in [-0.15, -0.1) is 23.7 Å². The van der Waals surface area contributed by atoms with Crippen molar-refractivity contribution in [3.8, 4) is 0 Å². The molecule has 1 N–H and O–H groups in total. The first-order valence-corrected chi connectivity index (χ1v) is 6.49. The highest BCUT2D eigenvalue weighted by atomic mass is 35.5. The van der Waals surface area contributed by atoms with Crippen molar-refractivity contribution >= 4 is 29.5 Å². The van der Waals surface area contributed by atoms with Gasteiger partial charge in [0.05, 0.1) is 6.54 Å². The predicted molar refractivity (Wildman–Crippen MR) is 72.2 cm³/mol. The van der Waals surface area contributed by atoms with E-state index in [1.165, 1.54) is 24.2 Å². The van der Waals surface area contributed by atoms with E-state index in [0.29, 0.717) is 17.6 Å². The number of nitrogens with one attached hydrogen (secondary N) is 1. The molecule has 1 aliphatic rings. The molecule has 4 nitrogen and oxygen atoms in total. The third-order valence-electron chi connectivity index (χ3n) is 2.96. The Morgan fingerprint density at radius 3 is 3.12 bits per heavy atom. The fraction of sp³-hybridized carbons (Fsp3) is 0.636. The number of aromatic nitrogens is 1. The minimum atomic E-state index is 0. The molecule has 0 aliphatic carbocycles. The molecule has 2 heterocycles. The Bertz CT molecular complexity index is 338. The number of carbonyl (C=O) groups is 1. The van der Waals surface area contributed by atoms with E-state index in [-0.39, 0.29) is 18.2 Å². The molecule has 17 heavy (non-hydrogen) atoms. The van der Waals surface area contributed by atoms with E-state index in [1.807, 2.05) is 12.4 Å². The molecule has 0 aromatic carbocycles. The fourth-order valence-corrected chi connectivity index (χ4v) is 2.56. The lowest BCUT2D eigenvalue weighted by atomic mass is 10.1. The van der Waals surface area contributed by atoms with E-state index in [0.717, 1.165) is 13.1 Å². The van der Waals surface area contributed by atoms with Gasteiger partial charge in [0.2, 0.25) is 5.78 Å². The first-order chi connectivity index (χ1) is 7.77. The number of ketones is 1. The Morgan fingerprint density at radius 2 is 2.53 bits per heavy atom. The largest absolute Gasteiger partial charge is 0.315 e. The van der Waals surface area contributed by atoms with Crippen LogP contribution in [0, 0.1) is 0 Å². The topological polar surface area (TPSA) is 45.2 Å². The summed E-state index contributed by atoms with van der Waals surface area (Å²) in [5, 5.41) is 5.82. The second-order valence-electron chi connectivity index (χ2n) is 4.18. The molecule has 0 spiro atoms. The number of thiazole rings is 1. The van der Waals surface area contributed by atoms with Crippen LogP contribution < -0.4 is 5.32 Å². The molecule has 1 aromatic heterocycles. The summed E-state index contributed by atoms with van der Waals surface area (Å²) < 4.78 is 0. The Kier molecular flexibility index (Phi) is 6.05. The lowest BCUT2D eigenvalue weighted by Gasteiger charge is -2.30. The molecule has 1 atom stereocenters. The maximum absolute atomic E-state index is 11.8. The van der Waals surface area contributed by atoms with E-state index in [4.69, 9.17) is 0 Å². The van der Waals surface area contributed by atoms with Crippen LogP contribution in [0.5, 0.6) is 0 Å². The van der Waals surface area contributed by atoms with Gasteiger partial charge in [0.1, 0.15) is 0 Å². The zero-order chi connectivity index (χ0) is 11.4. The van der Waals surface area contributed by atoms with Crippen molar-refractivity contribution in [3.63, 3.8) is 0 Å². The van der Waals surface area contributed by atoms with Gasteiger partial charge in [-0.25, -0.2) is 4.98 Å². The van der Waals surface area contributed by atoms with Crippen molar-refractivity contribution in [2.24, 2.45) is 0 Å². The molecule has 1 saturated heterocycles. The van der Waals surface area contributed by atoms with Crippen LogP contribution in [0.2, 0.25) is 0 Å². The van der Waals surface area contributed by atoms with Gasteiger partial charge in [-0.3, -0.25) is 9.69 Å². The summed E-state index contributed by atoms with van der Waals surface area (Å²) in [6, 6.07) is 0.484. The van der Waals surface area contributed by atoms with Crippen LogP contribution >= 0.6 is 23.7 Å². The maximum atomic E-state index is 11.8. The van der Waals surface area contributed by atoms with Crippen LogP contribution in [0.4, 0.5) is 0 Å². The van der Waals surface area contributed by atoms with Gasteiger partial charge in [-0.2, -0.15) is 0 Å². The molecule has 1 aliphatic heterocycles. The molecule has 6 heteroatoms. The minimum absolute atomic E-state index is 0. The summed E-state index contributed by atoms with van der Waals surface area (Å²) >= 11 is 1.42. The highest BCUT2D eigenvalue weighted by Gasteiger charge is 2.20. The molecule has 0 saturated carbocycles. The van der Waals surface area contributed by atoms with E-state index in [9.17, 15) is 4.79 Å². The minimum Gasteiger partial charge on any atom is -0.315 e. The van der Waals surface area contributed by atoms with Crippen LogP contribution in [0.1, 0.15) is 22.6 Å². The van der Waals surface area contributed by atoms with E-state index in [1.54, 1.807) is 6.20 Å². The molecule has 96 valence electrons. The number of hydrogen-bond donors (Lipinski definition) is 1. The monoisotopic (exact) mass is 275 g/mol. The highest BCUT2D eigenvalue weighted by Crippen LogP contribution is 2.11. The molecular weight excluding hydrogens is 258 g/mol. The normalized spacial score (nSPS) is 20.0. The van der Waals surface area contributed by atoms with Crippen molar-refractivity contribution in [1.29, 1.82) is 0 Å². The Balaban J connectivity index is 0.00000144. The smallest absolute Gasteiger partial charge is 0.205 e. The maximum Gasteiger partial charge on any atom is 0.205 e. The second-order valence-corrected chi connectivity index (χ2v) is 5.07. The zero-order valence-corrected chi connectivity index (χ0v) is 11.5. The van der Waals surface area contributed by atoms with Crippen LogP contribution in [0.25, 0.3) is 0 Å². The molecule has 0 radical (unpaired) electrons. The number of nitrogens with zero attached hydrogens (tertiary/aromatic N) is 2. The molecule has 1 aromatic rings. The standard InChI is InChI=1S/C11H17N3OS.ClH/c1-14(9-3-2-4-12-7-9)8-10(15)11-13-5-6-16-11;/h5-6,9,12H,2-4,7-8H2,1H3;1H. The van der Waals surface area contributed by atoms with E-state index < -0.39 is 0 Å². The number of carbonyl (C=O) groups excluding carboxylic acids is 1. The van der Waals surface area contributed by atoms with Crippen LogP contribution in [0.3, 0.4) is 0 Å². The predicted octanol–water partition coefficient (Wildman–Crippen LogP) is 1.43. The number of halogens is 1. The lowest BCUT2D eigenvalue weighted by molar-refractivity contribution is 0.0906. The summed E-state index contributed by atoms with van der Waals surface area (Å²) in [4.78, 5) is 18.0. The van der Waals surface area contributed by atoms with Crippen molar-refractivity contribution < 1.29 is 4.79 Å². The summed E-state index contributed by atoms with van der Waals surface area (Å²) in [6.45, 7) is 2.56. The molecule has 1 fully saturated rings. The first kappa shape index (κ1) is 14.6. The van der Waals surface area contributed by atoms with Gasteiger partial charge in [-0.05, 0) is 26.4 Å². The summed E-state index contributed by atoms with van der Waals surface area (Å²) in [5.41, 5.74) is 0. The van der Waals surface area contributed by atoms with Gasteiger partial charge in [0.15, 0.2) is 5.01 Å². The number of piperidine rings is 1. The highest BCUT2D eigenvalue weighted by molar-refractivity contribution is 7.11. The third kappa shape index (κ3) is 4.03. The number of likely N-dealkylation sites (N-methyl/N-ethyl adjacent to an activating group) is 1. The number of Topliss-reactive ketones (excluding diaryl/α,β-unsaturated/α-hetero) is 1. The van der Waals surface area contributed by atoms with Crippen molar-refractivity contribution in [2.75, 3.05) is 26.7 Å². The summed E-state index contributed by atoms with van der Waals surface area (Å²) in [5.74, 6) is 0.128. The van der Waals surface area contributed by atoms with Gasteiger partial charge in [-0.1, -0.05) is 0 Å². The zero-order valence-electron chi connectivity index (χ0n) is 9.89.